The highest BCUT2D eigenvalue weighted by Crippen LogP contribution is 2.32. The Balaban J connectivity index is 1.53. The van der Waals surface area contributed by atoms with Crippen LogP contribution in [0.25, 0.3) is 22.4 Å². The molecule has 0 bridgehead atoms. The Labute approximate surface area is 208 Å². The SMILES string of the molecule is Cc1ccc(-c2cc(C(=O)N3CCC(CNC(=O)C(C)C)CC3)cnc2-c2ccc(C)cc2)cc1. The maximum absolute atomic E-state index is 13.4. The van der Waals surface area contributed by atoms with E-state index in [0.717, 1.165) is 35.2 Å². The van der Waals surface area contributed by atoms with E-state index in [4.69, 9.17) is 4.98 Å². The fraction of sp³-hybridized carbons (Fsp3) is 0.367. The highest BCUT2D eigenvalue weighted by molar-refractivity contribution is 5.96. The largest absolute Gasteiger partial charge is 0.356 e. The molecule has 1 aliphatic heterocycles. The summed E-state index contributed by atoms with van der Waals surface area (Å²) >= 11 is 0. The van der Waals surface area contributed by atoms with Gasteiger partial charge in [0.1, 0.15) is 0 Å². The van der Waals surface area contributed by atoms with Crippen LogP contribution in [0.3, 0.4) is 0 Å². The predicted octanol–water partition coefficient (Wildman–Crippen LogP) is 5.66. The Bertz CT molecular complexity index is 1180. The monoisotopic (exact) mass is 469 g/mol. The van der Waals surface area contributed by atoms with Gasteiger partial charge >= 0.3 is 0 Å². The second-order valence-electron chi connectivity index (χ2n) is 9.99. The number of carbonyl (C=O) groups is 2. The molecule has 3 aromatic rings. The van der Waals surface area contributed by atoms with Crippen LogP contribution in [-0.4, -0.2) is 41.3 Å². The number of nitrogens with one attached hydrogen (secondary N) is 1. The second kappa shape index (κ2) is 10.9. The predicted molar refractivity (Wildman–Crippen MR) is 141 cm³/mol. The number of piperidine rings is 1. The van der Waals surface area contributed by atoms with E-state index in [2.05, 4.69) is 67.7 Å². The Morgan fingerprint density at radius 1 is 0.943 bits per heavy atom. The third kappa shape index (κ3) is 5.97. The molecule has 35 heavy (non-hydrogen) atoms. The Hall–Kier alpha value is -3.47. The summed E-state index contributed by atoms with van der Waals surface area (Å²) in [5.74, 6) is 0.513. The van der Waals surface area contributed by atoms with Gasteiger partial charge < -0.3 is 10.2 Å². The number of aryl methyl sites for hydroxylation is 2. The molecule has 182 valence electrons. The molecular weight excluding hydrogens is 434 g/mol. The minimum absolute atomic E-state index is 0.00484. The first-order chi connectivity index (χ1) is 16.8. The topological polar surface area (TPSA) is 62.3 Å². The van der Waals surface area contributed by atoms with Crippen molar-refractivity contribution in [3.8, 4) is 22.4 Å². The van der Waals surface area contributed by atoms with E-state index in [-0.39, 0.29) is 17.7 Å². The Morgan fingerprint density at radius 2 is 1.51 bits per heavy atom. The molecule has 0 radical (unpaired) electrons. The number of amides is 2. The summed E-state index contributed by atoms with van der Waals surface area (Å²) in [6, 6.07) is 18.7. The van der Waals surface area contributed by atoms with Gasteiger partial charge in [0.05, 0.1) is 11.3 Å². The quantitative estimate of drug-likeness (QED) is 0.507. The fourth-order valence-corrected chi connectivity index (χ4v) is 4.45. The molecule has 1 aliphatic rings. The third-order valence-corrected chi connectivity index (χ3v) is 6.81. The minimum Gasteiger partial charge on any atom is -0.356 e. The second-order valence-corrected chi connectivity index (χ2v) is 9.99. The van der Waals surface area contributed by atoms with Crippen molar-refractivity contribution in [2.24, 2.45) is 11.8 Å². The number of aromatic nitrogens is 1. The normalized spacial score (nSPS) is 14.3. The van der Waals surface area contributed by atoms with Gasteiger partial charge in [-0.05, 0) is 44.2 Å². The minimum atomic E-state index is -0.00484. The fourth-order valence-electron chi connectivity index (χ4n) is 4.45. The lowest BCUT2D eigenvalue weighted by Gasteiger charge is -2.32. The van der Waals surface area contributed by atoms with E-state index in [1.165, 1.54) is 11.1 Å². The summed E-state index contributed by atoms with van der Waals surface area (Å²) in [6.45, 7) is 10.0. The zero-order chi connectivity index (χ0) is 24.9. The first-order valence-corrected chi connectivity index (χ1v) is 12.5. The zero-order valence-electron chi connectivity index (χ0n) is 21.2. The number of nitrogens with zero attached hydrogens (tertiary/aromatic N) is 2. The van der Waals surface area contributed by atoms with E-state index in [9.17, 15) is 9.59 Å². The van der Waals surface area contributed by atoms with E-state index in [1.54, 1.807) is 6.20 Å². The van der Waals surface area contributed by atoms with Crippen LogP contribution in [0.1, 0.15) is 48.2 Å². The maximum Gasteiger partial charge on any atom is 0.255 e. The molecule has 2 aromatic carbocycles. The first kappa shape index (κ1) is 24.6. The van der Waals surface area contributed by atoms with Crippen LogP contribution in [0.4, 0.5) is 0 Å². The van der Waals surface area contributed by atoms with Crippen LogP contribution in [0.15, 0.2) is 60.8 Å². The number of hydrogen-bond acceptors (Lipinski definition) is 3. The number of pyridine rings is 1. The van der Waals surface area contributed by atoms with E-state index < -0.39 is 0 Å². The summed E-state index contributed by atoms with van der Waals surface area (Å²) in [4.78, 5) is 32.0. The van der Waals surface area contributed by atoms with Gasteiger partial charge in [-0.25, -0.2) is 0 Å². The summed E-state index contributed by atoms with van der Waals surface area (Å²) in [5.41, 5.74) is 6.93. The zero-order valence-corrected chi connectivity index (χ0v) is 21.2. The smallest absolute Gasteiger partial charge is 0.255 e. The van der Waals surface area contributed by atoms with Crippen molar-refractivity contribution in [1.82, 2.24) is 15.2 Å². The molecule has 4 rings (SSSR count). The molecule has 1 saturated heterocycles. The van der Waals surface area contributed by atoms with Crippen LogP contribution in [0.2, 0.25) is 0 Å². The van der Waals surface area contributed by atoms with Gasteiger partial charge in [-0.1, -0.05) is 73.5 Å². The molecule has 5 nitrogen and oxygen atoms in total. The molecule has 2 amide bonds. The van der Waals surface area contributed by atoms with Gasteiger partial charge in [-0.3, -0.25) is 14.6 Å². The van der Waals surface area contributed by atoms with Crippen molar-refractivity contribution < 1.29 is 9.59 Å². The highest BCUT2D eigenvalue weighted by atomic mass is 16.2. The van der Waals surface area contributed by atoms with Gasteiger partial charge in [-0.15, -0.1) is 0 Å². The summed E-state index contributed by atoms with van der Waals surface area (Å²) in [6.07, 6.45) is 3.50. The van der Waals surface area contributed by atoms with Crippen molar-refractivity contribution in [3.63, 3.8) is 0 Å². The molecule has 1 aromatic heterocycles. The molecule has 2 heterocycles. The summed E-state index contributed by atoms with van der Waals surface area (Å²) in [5, 5.41) is 3.03. The average molecular weight is 470 g/mol. The average Bonchev–Trinajstić information content (AvgIpc) is 2.88. The van der Waals surface area contributed by atoms with Crippen molar-refractivity contribution in [1.29, 1.82) is 0 Å². The van der Waals surface area contributed by atoms with Crippen molar-refractivity contribution in [2.75, 3.05) is 19.6 Å². The molecule has 0 spiro atoms. The van der Waals surface area contributed by atoms with Crippen molar-refractivity contribution in [2.45, 2.75) is 40.5 Å². The molecule has 5 heteroatoms. The van der Waals surface area contributed by atoms with Gasteiger partial charge in [0, 0.05) is 42.9 Å². The Kier molecular flexibility index (Phi) is 7.64. The molecule has 1 N–H and O–H groups in total. The van der Waals surface area contributed by atoms with Crippen LogP contribution in [-0.2, 0) is 4.79 Å². The highest BCUT2D eigenvalue weighted by Gasteiger charge is 2.25. The van der Waals surface area contributed by atoms with Gasteiger partial charge in [0.2, 0.25) is 5.91 Å². The molecule has 1 fully saturated rings. The van der Waals surface area contributed by atoms with Crippen molar-refractivity contribution in [3.05, 3.63) is 77.5 Å². The number of carbonyl (C=O) groups excluding carboxylic acids is 2. The molecule has 0 unspecified atom stereocenters. The lowest BCUT2D eigenvalue weighted by Crippen LogP contribution is -2.42. The van der Waals surface area contributed by atoms with Crippen LogP contribution in [0, 0.1) is 25.7 Å². The molecule has 0 saturated carbocycles. The summed E-state index contributed by atoms with van der Waals surface area (Å²) < 4.78 is 0. The third-order valence-electron chi connectivity index (χ3n) is 6.81. The molecule has 0 atom stereocenters. The van der Waals surface area contributed by atoms with Crippen LogP contribution in [0.5, 0.6) is 0 Å². The van der Waals surface area contributed by atoms with Gasteiger partial charge in [-0.2, -0.15) is 0 Å². The van der Waals surface area contributed by atoms with Gasteiger partial charge in [0.15, 0.2) is 0 Å². The number of hydrogen-bond donors (Lipinski definition) is 1. The van der Waals surface area contributed by atoms with Crippen molar-refractivity contribution >= 4 is 11.8 Å². The standard InChI is InChI=1S/C30H35N3O2/c1-20(2)29(34)32-18-23-13-15-33(16-14-23)30(35)26-17-27(24-9-5-21(3)6-10-24)28(31-19-26)25-11-7-22(4)8-12-25/h5-12,17,19-20,23H,13-16,18H2,1-4H3,(H,32,34). The van der Waals surface area contributed by atoms with E-state index in [1.807, 2.05) is 24.8 Å². The lowest BCUT2D eigenvalue weighted by atomic mass is 9.94. The Morgan fingerprint density at radius 3 is 2.09 bits per heavy atom. The van der Waals surface area contributed by atoms with E-state index >= 15 is 0 Å². The first-order valence-electron chi connectivity index (χ1n) is 12.5. The van der Waals surface area contributed by atoms with E-state index in [0.29, 0.717) is 31.1 Å². The number of benzene rings is 2. The lowest BCUT2D eigenvalue weighted by molar-refractivity contribution is -0.124. The van der Waals surface area contributed by atoms with Gasteiger partial charge in [0.25, 0.3) is 5.91 Å². The van der Waals surface area contributed by atoms with Crippen LogP contribution >= 0.6 is 0 Å². The van der Waals surface area contributed by atoms with Crippen LogP contribution < -0.4 is 5.32 Å². The molecular formula is C30H35N3O2. The maximum atomic E-state index is 13.4. The number of rotatable bonds is 6. The molecule has 0 aliphatic carbocycles. The summed E-state index contributed by atoms with van der Waals surface area (Å²) in [7, 11) is 0. The number of likely N-dealkylation sites (tertiary alicyclic amines) is 1.